The summed E-state index contributed by atoms with van der Waals surface area (Å²) in [6, 6.07) is 7.21. The number of carbonyl (C=O) groups is 3. The highest BCUT2D eigenvalue weighted by Crippen LogP contribution is 2.38. The predicted molar refractivity (Wildman–Crippen MR) is 119 cm³/mol. The summed E-state index contributed by atoms with van der Waals surface area (Å²) in [6.45, 7) is 3.72. The van der Waals surface area contributed by atoms with Crippen LogP contribution in [0.4, 0.5) is 0 Å². The summed E-state index contributed by atoms with van der Waals surface area (Å²) in [4.78, 5) is 40.1. The molecule has 0 radical (unpaired) electrons. The molecule has 1 aromatic rings. The Morgan fingerprint density at radius 3 is 2.48 bits per heavy atom. The van der Waals surface area contributed by atoms with Crippen molar-refractivity contribution in [2.24, 2.45) is 11.3 Å². The first kappa shape index (κ1) is 23.5. The molecule has 0 aromatic heterocycles. The largest absolute Gasteiger partial charge is 0.483 e. The lowest BCUT2D eigenvalue weighted by Gasteiger charge is -2.46. The number of fused-ring (bicyclic) bond motifs is 1. The number of rotatable bonds is 1. The number of carbonyl (C=O) groups excluding carboxylic acids is 3. The number of para-hydroxylation sites is 1. The van der Waals surface area contributed by atoms with E-state index in [0.717, 1.165) is 5.56 Å². The highest BCUT2D eigenvalue weighted by Gasteiger charge is 2.42. The van der Waals surface area contributed by atoms with Crippen LogP contribution in [-0.2, 0) is 20.8 Å². The van der Waals surface area contributed by atoms with E-state index >= 15 is 0 Å². The zero-order valence-electron chi connectivity index (χ0n) is 19.0. The molecular formula is C24H33N3O6. The number of amides is 3. The van der Waals surface area contributed by atoms with Gasteiger partial charge in [0.05, 0.1) is 18.1 Å². The number of aliphatic hydroxyl groups is 2. The highest BCUT2D eigenvalue weighted by molar-refractivity contribution is 5.83. The van der Waals surface area contributed by atoms with Gasteiger partial charge in [0.1, 0.15) is 5.75 Å². The predicted octanol–water partition coefficient (Wildman–Crippen LogP) is -0.0633. The van der Waals surface area contributed by atoms with Crippen LogP contribution in [0.5, 0.6) is 5.75 Å². The first-order valence-corrected chi connectivity index (χ1v) is 11.6. The van der Waals surface area contributed by atoms with Gasteiger partial charge in [0.25, 0.3) is 5.91 Å². The van der Waals surface area contributed by atoms with Crippen LogP contribution in [0.15, 0.2) is 24.3 Å². The minimum atomic E-state index is -0.965. The third-order valence-corrected chi connectivity index (χ3v) is 7.32. The monoisotopic (exact) mass is 459 g/mol. The molecule has 0 bridgehead atoms. The number of hydrogen-bond acceptors (Lipinski definition) is 6. The molecule has 1 aromatic carbocycles. The van der Waals surface area contributed by atoms with Crippen LogP contribution in [0, 0.1) is 11.3 Å². The molecule has 2 atom stereocenters. The summed E-state index contributed by atoms with van der Waals surface area (Å²) in [6.07, 6.45) is -0.136. The van der Waals surface area contributed by atoms with E-state index in [1.54, 1.807) is 17.0 Å². The number of aliphatic hydroxyl groups excluding tert-OH is 2. The van der Waals surface area contributed by atoms with Crippen molar-refractivity contribution in [3.8, 4) is 5.75 Å². The molecule has 3 aliphatic rings. The van der Waals surface area contributed by atoms with Gasteiger partial charge in [0.2, 0.25) is 11.8 Å². The number of ether oxygens (including phenoxy) is 1. The van der Waals surface area contributed by atoms with Gasteiger partial charge in [-0.25, -0.2) is 0 Å². The molecule has 0 unspecified atom stereocenters. The van der Waals surface area contributed by atoms with Gasteiger partial charge in [-0.1, -0.05) is 18.2 Å². The molecule has 2 saturated heterocycles. The van der Waals surface area contributed by atoms with Gasteiger partial charge in [-0.3, -0.25) is 14.4 Å². The van der Waals surface area contributed by atoms with Crippen LogP contribution in [0.1, 0.15) is 31.7 Å². The molecule has 0 aliphatic carbocycles. The summed E-state index contributed by atoms with van der Waals surface area (Å²) in [7, 11) is 0. The molecule has 2 fully saturated rings. The van der Waals surface area contributed by atoms with Crippen LogP contribution in [0.2, 0.25) is 0 Å². The van der Waals surface area contributed by atoms with Crippen molar-refractivity contribution in [1.29, 1.82) is 0 Å². The highest BCUT2D eigenvalue weighted by atomic mass is 16.5. The standard InChI is InChI=1S/C24H33N3O6/c1-16(28)27-12-18(13-27)23(32)26-8-6-24(7-9-26)11-20(30)19(29)10-17-4-2-3-5-21(17)33-14-22(31)25-15-24/h2-5,18-20,29-30H,6-15H2,1H3,(H,25,31)/t19-,20+/m0/s1. The minimum Gasteiger partial charge on any atom is -0.483 e. The Hall–Kier alpha value is -2.65. The smallest absolute Gasteiger partial charge is 0.257 e. The van der Waals surface area contributed by atoms with E-state index in [9.17, 15) is 24.6 Å². The molecule has 180 valence electrons. The van der Waals surface area contributed by atoms with Crippen molar-refractivity contribution in [2.45, 2.75) is 44.8 Å². The molecule has 9 nitrogen and oxygen atoms in total. The molecule has 9 heteroatoms. The van der Waals surface area contributed by atoms with Gasteiger partial charge in [0, 0.05) is 46.1 Å². The Bertz CT molecular complexity index is 892. The van der Waals surface area contributed by atoms with Crippen LogP contribution in [-0.4, -0.2) is 89.3 Å². The lowest BCUT2D eigenvalue weighted by molar-refractivity contribution is -0.149. The summed E-state index contributed by atoms with van der Waals surface area (Å²) < 4.78 is 5.67. The molecule has 33 heavy (non-hydrogen) atoms. The van der Waals surface area contributed by atoms with E-state index in [0.29, 0.717) is 57.7 Å². The van der Waals surface area contributed by atoms with Crippen LogP contribution >= 0.6 is 0 Å². The molecule has 3 amide bonds. The van der Waals surface area contributed by atoms with Crippen molar-refractivity contribution < 1.29 is 29.3 Å². The van der Waals surface area contributed by atoms with Crippen LogP contribution in [0.25, 0.3) is 0 Å². The van der Waals surface area contributed by atoms with Crippen molar-refractivity contribution in [3.05, 3.63) is 29.8 Å². The van der Waals surface area contributed by atoms with E-state index in [-0.39, 0.29) is 36.7 Å². The number of benzene rings is 1. The lowest BCUT2D eigenvalue weighted by atomic mass is 9.72. The molecule has 3 aliphatic heterocycles. The maximum Gasteiger partial charge on any atom is 0.257 e. The van der Waals surface area contributed by atoms with Gasteiger partial charge < -0.3 is 30.1 Å². The van der Waals surface area contributed by atoms with E-state index < -0.39 is 17.6 Å². The second-order valence-electron chi connectivity index (χ2n) is 9.66. The van der Waals surface area contributed by atoms with Gasteiger partial charge >= 0.3 is 0 Å². The maximum absolute atomic E-state index is 12.8. The minimum absolute atomic E-state index is 0.0141. The average molecular weight is 460 g/mol. The number of likely N-dealkylation sites (tertiary alicyclic amines) is 2. The fraction of sp³-hybridized carbons (Fsp3) is 0.625. The Morgan fingerprint density at radius 1 is 1.09 bits per heavy atom. The van der Waals surface area contributed by atoms with E-state index in [2.05, 4.69) is 5.32 Å². The third-order valence-electron chi connectivity index (χ3n) is 7.32. The number of hydrogen-bond donors (Lipinski definition) is 3. The Kier molecular flexibility index (Phi) is 6.90. The Balaban J connectivity index is 1.42. The van der Waals surface area contributed by atoms with Gasteiger partial charge in [0.15, 0.2) is 6.61 Å². The van der Waals surface area contributed by atoms with Crippen molar-refractivity contribution in [1.82, 2.24) is 15.1 Å². The molecule has 4 rings (SSSR count). The zero-order chi connectivity index (χ0) is 23.6. The summed E-state index contributed by atoms with van der Waals surface area (Å²) in [5.41, 5.74) is 0.323. The SMILES string of the molecule is CC(=O)N1CC(C(=O)N2CCC3(CC2)CNC(=O)COc2ccccc2C[C@H](O)[C@H](O)C3)C1. The molecule has 1 spiro atoms. The summed E-state index contributed by atoms with van der Waals surface area (Å²) >= 11 is 0. The Morgan fingerprint density at radius 2 is 1.79 bits per heavy atom. The van der Waals surface area contributed by atoms with Crippen molar-refractivity contribution >= 4 is 17.7 Å². The quantitative estimate of drug-likeness (QED) is 0.541. The Labute approximate surface area is 193 Å². The van der Waals surface area contributed by atoms with Crippen molar-refractivity contribution in [2.75, 3.05) is 39.3 Å². The topological polar surface area (TPSA) is 119 Å². The first-order chi connectivity index (χ1) is 15.8. The molecule has 3 N–H and O–H groups in total. The van der Waals surface area contributed by atoms with Crippen molar-refractivity contribution in [3.63, 3.8) is 0 Å². The van der Waals surface area contributed by atoms with Gasteiger partial charge in [-0.2, -0.15) is 0 Å². The lowest BCUT2D eigenvalue weighted by Crippen LogP contribution is -2.58. The zero-order valence-corrected chi connectivity index (χ0v) is 19.0. The summed E-state index contributed by atoms with van der Waals surface area (Å²) in [5.74, 6) is 0.186. The fourth-order valence-electron chi connectivity index (χ4n) is 5.04. The van der Waals surface area contributed by atoms with E-state index in [4.69, 9.17) is 4.74 Å². The summed E-state index contributed by atoms with van der Waals surface area (Å²) in [5, 5.41) is 24.5. The second-order valence-corrected chi connectivity index (χ2v) is 9.66. The maximum atomic E-state index is 12.8. The normalized spacial score (nSPS) is 26.2. The number of piperidine rings is 1. The van der Waals surface area contributed by atoms with Crippen LogP contribution < -0.4 is 10.1 Å². The number of nitrogens with zero attached hydrogens (tertiary/aromatic N) is 2. The van der Waals surface area contributed by atoms with E-state index in [1.807, 2.05) is 17.0 Å². The number of nitrogens with one attached hydrogen (secondary N) is 1. The average Bonchev–Trinajstić information content (AvgIpc) is 2.75. The fourth-order valence-corrected chi connectivity index (χ4v) is 5.04. The molecular weight excluding hydrogens is 426 g/mol. The van der Waals surface area contributed by atoms with Gasteiger partial charge in [-0.05, 0) is 36.3 Å². The van der Waals surface area contributed by atoms with Crippen LogP contribution in [0.3, 0.4) is 0 Å². The first-order valence-electron chi connectivity index (χ1n) is 11.6. The second kappa shape index (κ2) is 9.69. The molecule has 3 heterocycles. The third kappa shape index (κ3) is 5.30. The molecule has 0 saturated carbocycles. The van der Waals surface area contributed by atoms with E-state index in [1.165, 1.54) is 6.92 Å². The van der Waals surface area contributed by atoms with Gasteiger partial charge in [-0.15, -0.1) is 0 Å².